The predicted molar refractivity (Wildman–Crippen MR) is 111 cm³/mol. The van der Waals surface area contributed by atoms with Crippen LogP contribution in [0.2, 0.25) is 0 Å². The van der Waals surface area contributed by atoms with E-state index in [1.807, 2.05) is 17.6 Å². The maximum atomic E-state index is 12.1. The Bertz CT molecular complexity index is 1030. The molecular weight excluding hydrogens is 409 g/mol. The summed E-state index contributed by atoms with van der Waals surface area (Å²) in [5.74, 6) is 1.11. The lowest BCUT2D eigenvalue weighted by molar-refractivity contribution is -0.0253. The maximum Gasteiger partial charge on any atom is 0.367 e. The predicted octanol–water partition coefficient (Wildman–Crippen LogP) is 3.22. The molecule has 4 atom stereocenters. The van der Waals surface area contributed by atoms with Gasteiger partial charge in [0.15, 0.2) is 11.2 Å². The van der Waals surface area contributed by atoms with Crippen LogP contribution in [0.4, 0.5) is 5.95 Å². The molecule has 0 radical (unpaired) electrons. The van der Waals surface area contributed by atoms with Crippen LogP contribution in [0.15, 0.2) is 36.7 Å². The molecule has 0 saturated carbocycles. The highest BCUT2D eigenvalue weighted by molar-refractivity contribution is 7.33. The van der Waals surface area contributed by atoms with E-state index in [0.717, 1.165) is 6.42 Å². The molecule has 1 saturated heterocycles. The zero-order valence-electron chi connectivity index (χ0n) is 16.7. The van der Waals surface area contributed by atoms with E-state index >= 15 is 0 Å². The molecule has 2 aromatic heterocycles. The van der Waals surface area contributed by atoms with Crippen molar-refractivity contribution >= 4 is 25.4 Å². The number of para-hydroxylation sites is 1. The Kier molecular flexibility index (Phi) is 6.17. The number of imidazole rings is 1. The molecule has 1 fully saturated rings. The van der Waals surface area contributed by atoms with Gasteiger partial charge in [0.1, 0.15) is 12.0 Å². The minimum Gasteiger partial charge on any atom is -0.476 e. The number of nitrogens with zero attached hydrogens (tertiary/aromatic N) is 4. The molecular formula is C19H24N5O5P. The minimum absolute atomic E-state index is 0.106. The van der Waals surface area contributed by atoms with E-state index in [2.05, 4.69) is 21.9 Å². The van der Waals surface area contributed by atoms with Crippen LogP contribution in [-0.2, 0) is 13.8 Å². The molecule has 0 bridgehead atoms. The number of nitrogen functional groups attached to an aromatic ring is 1. The summed E-state index contributed by atoms with van der Waals surface area (Å²) >= 11 is 0. The van der Waals surface area contributed by atoms with Crippen LogP contribution in [-0.4, -0.2) is 38.8 Å². The second-order valence-electron chi connectivity index (χ2n) is 6.98. The Morgan fingerprint density at radius 2 is 2.10 bits per heavy atom. The van der Waals surface area contributed by atoms with E-state index < -0.39 is 8.25 Å². The van der Waals surface area contributed by atoms with E-state index in [4.69, 9.17) is 24.3 Å². The minimum atomic E-state index is -2.67. The van der Waals surface area contributed by atoms with Crippen molar-refractivity contribution in [1.29, 1.82) is 0 Å². The van der Waals surface area contributed by atoms with E-state index in [9.17, 15) is 4.57 Å². The van der Waals surface area contributed by atoms with Gasteiger partial charge in [-0.25, -0.2) is 9.55 Å². The van der Waals surface area contributed by atoms with Gasteiger partial charge in [-0.3, -0.25) is 9.09 Å². The molecule has 1 aliphatic rings. The summed E-state index contributed by atoms with van der Waals surface area (Å²) in [6, 6.07) is 8.92. The fraction of sp³-hybridized carbons (Fsp3) is 0.421. The van der Waals surface area contributed by atoms with Gasteiger partial charge in [0.2, 0.25) is 11.8 Å². The van der Waals surface area contributed by atoms with Crippen LogP contribution in [0.25, 0.3) is 11.2 Å². The van der Waals surface area contributed by atoms with Crippen LogP contribution >= 0.6 is 8.25 Å². The van der Waals surface area contributed by atoms with Crippen LogP contribution in [0.3, 0.4) is 0 Å². The van der Waals surface area contributed by atoms with Crippen molar-refractivity contribution < 1.29 is 23.1 Å². The zero-order valence-corrected chi connectivity index (χ0v) is 17.7. The number of rotatable bonds is 8. The summed E-state index contributed by atoms with van der Waals surface area (Å²) in [4.78, 5) is 12.8. The first-order valence-electron chi connectivity index (χ1n) is 9.73. The van der Waals surface area contributed by atoms with Gasteiger partial charge in [0.25, 0.3) is 0 Å². The number of nitrogens with two attached hydrogens (primary N) is 1. The van der Waals surface area contributed by atoms with Crippen LogP contribution in [0, 0.1) is 5.92 Å². The van der Waals surface area contributed by atoms with Gasteiger partial charge < -0.3 is 19.7 Å². The fourth-order valence-electron chi connectivity index (χ4n) is 3.47. The third-order valence-electron chi connectivity index (χ3n) is 4.75. The molecule has 11 heteroatoms. The first-order valence-corrected chi connectivity index (χ1v) is 11.0. The Hall–Kier alpha value is -2.68. The number of benzene rings is 1. The highest BCUT2D eigenvalue weighted by Gasteiger charge is 2.35. The second kappa shape index (κ2) is 8.99. The lowest BCUT2D eigenvalue weighted by Crippen LogP contribution is -2.16. The lowest BCUT2D eigenvalue weighted by atomic mass is 10.1. The average molecular weight is 433 g/mol. The third kappa shape index (κ3) is 4.40. The Balaban J connectivity index is 1.42. The molecule has 0 aliphatic carbocycles. The average Bonchev–Trinajstić information content (AvgIpc) is 3.30. The normalized spacial score (nSPS) is 22.3. The van der Waals surface area contributed by atoms with Gasteiger partial charge in [0, 0.05) is 5.92 Å². The van der Waals surface area contributed by atoms with Crippen molar-refractivity contribution in [3.05, 3.63) is 36.7 Å². The topological polar surface area (TPSA) is 124 Å². The molecule has 10 nitrogen and oxygen atoms in total. The van der Waals surface area contributed by atoms with Crippen LogP contribution in [0.1, 0.15) is 26.5 Å². The van der Waals surface area contributed by atoms with Gasteiger partial charge in [-0.2, -0.15) is 9.97 Å². The molecule has 4 rings (SSSR count). The van der Waals surface area contributed by atoms with Crippen molar-refractivity contribution in [2.45, 2.75) is 32.6 Å². The first-order chi connectivity index (χ1) is 14.5. The first kappa shape index (κ1) is 20.6. The zero-order chi connectivity index (χ0) is 21.1. The Labute approximate surface area is 174 Å². The Morgan fingerprint density at radius 3 is 2.87 bits per heavy atom. The van der Waals surface area contributed by atoms with Crippen LogP contribution in [0.5, 0.6) is 11.6 Å². The van der Waals surface area contributed by atoms with E-state index in [-0.39, 0.29) is 30.8 Å². The quantitative estimate of drug-likeness (QED) is 0.533. The number of anilines is 1. The second-order valence-corrected chi connectivity index (χ2v) is 7.97. The van der Waals surface area contributed by atoms with E-state index in [1.54, 1.807) is 30.6 Å². The molecule has 30 heavy (non-hydrogen) atoms. The monoisotopic (exact) mass is 433 g/mol. The summed E-state index contributed by atoms with van der Waals surface area (Å²) in [6.45, 7) is 4.53. The highest BCUT2D eigenvalue weighted by Crippen LogP contribution is 2.38. The number of ether oxygens (including phenoxy) is 2. The number of aromatic nitrogens is 4. The Morgan fingerprint density at radius 1 is 1.30 bits per heavy atom. The summed E-state index contributed by atoms with van der Waals surface area (Å²) in [5, 5.41) is 0. The number of hydrogen-bond donors (Lipinski definition) is 1. The van der Waals surface area contributed by atoms with Crippen LogP contribution < -0.4 is 15.0 Å². The van der Waals surface area contributed by atoms with Gasteiger partial charge >= 0.3 is 8.25 Å². The van der Waals surface area contributed by atoms with Gasteiger partial charge in [-0.05, 0) is 25.5 Å². The smallest absolute Gasteiger partial charge is 0.367 e. The maximum absolute atomic E-state index is 12.1. The van der Waals surface area contributed by atoms with E-state index in [1.165, 1.54) is 0 Å². The lowest BCUT2D eigenvalue weighted by Gasteiger charge is -2.18. The largest absolute Gasteiger partial charge is 0.476 e. The van der Waals surface area contributed by atoms with Gasteiger partial charge in [-0.15, -0.1) is 0 Å². The van der Waals surface area contributed by atoms with Crippen molar-refractivity contribution in [2.24, 2.45) is 5.92 Å². The number of hydrogen-bond acceptors (Lipinski definition) is 9. The SMILES string of the molecule is CCOc1nc(N)nc2c1ncn2C1O[C@H](CO[PH](=O)Oc2ccccc2)C[C@@H]1C. The van der Waals surface area contributed by atoms with Gasteiger partial charge in [0.05, 0.1) is 25.6 Å². The highest BCUT2D eigenvalue weighted by atomic mass is 31.1. The summed E-state index contributed by atoms with van der Waals surface area (Å²) in [6.07, 6.45) is 1.82. The molecule has 2 N–H and O–H groups in total. The van der Waals surface area contributed by atoms with E-state index in [0.29, 0.717) is 29.4 Å². The molecule has 1 aromatic carbocycles. The van der Waals surface area contributed by atoms with Crippen molar-refractivity contribution in [1.82, 2.24) is 19.5 Å². The molecule has 1 aliphatic heterocycles. The summed E-state index contributed by atoms with van der Waals surface area (Å²) < 4.78 is 36.3. The van der Waals surface area contributed by atoms with Crippen molar-refractivity contribution in [3.63, 3.8) is 0 Å². The van der Waals surface area contributed by atoms with Crippen molar-refractivity contribution in [2.75, 3.05) is 18.9 Å². The summed E-state index contributed by atoms with van der Waals surface area (Å²) in [7, 11) is -2.67. The summed E-state index contributed by atoms with van der Waals surface area (Å²) in [5.41, 5.74) is 6.92. The van der Waals surface area contributed by atoms with Gasteiger partial charge in [-0.1, -0.05) is 25.1 Å². The molecule has 0 spiro atoms. The number of fused-ring (bicyclic) bond motifs is 1. The van der Waals surface area contributed by atoms with Crippen molar-refractivity contribution in [3.8, 4) is 11.6 Å². The molecule has 3 heterocycles. The fourth-order valence-corrected chi connectivity index (χ4v) is 4.18. The third-order valence-corrected chi connectivity index (χ3v) is 5.55. The molecule has 2 unspecified atom stereocenters. The standard InChI is InChI=1S/C19H24N5O5P/c1-3-26-17-15-16(22-19(20)23-17)24(11-21-15)18-12(2)9-14(28-18)10-27-30(25)29-13-7-5-4-6-8-13/h4-8,11-12,14,18,30H,3,9-10H2,1-2H3,(H2,20,22,23)/t12-,14-,18?/m0/s1. The molecule has 3 aromatic rings. The molecule has 160 valence electrons. The molecule has 0 amide bonds.